The number of hydrogen-bond acceptors (Lipinski definition) is 4. The summed E-state index contributed by atoms with van der Waals surface area (Å²) in [5.74, 6) is -0.987. The van der Waals surface area contributed by atoms with Crippen LogP contribution in [0.1, 0.15) is 10.4 Å². The second-order valence-electron chi connectivity index (χ2n) is 4.39. The van der Waals surface area contributed by atoms with E-state index in [9.17, 15) is 9.18 Å². The number of carbonyl (C=O) groups is 1. The van der Waals surface area contributed by atoms with Gasteiger partial charge in [-0.1, -0.05) is 6.07 Å². The Kier molecular flexibility index (Phi) is 3.19. The van der Waals surface area contributed by atoms with Crippen molar-refractivity contribution in [2.45, 2.75) is 0 Å². The molecule has 0 spiro atoms. The number of carboxylic acid groups (broad SMARTS) is 1. The van der Waals surface area contributed by atoms with Gasteiger partial charge in [0.15, 0.2) is 0 Å². The zero-order chi connectivity index (χ0) is 14.8. The maximum absolute atomic E-state index is 13.4. The standard InChI is InChI=1S/C15H10FN3O2/c16-10-4-5-13-12(7-10)14(18-8-17-13)19-11-3-1-2-9(6-11)15(20)21/h1-8H,(H,20,21)(H,17,18,19). The van der Waals surface area contributed by atoms with Gasteiger partial charge in [-0.25, -0.2) is 19.2 Å². The fourth-order valence-electron chi connectivity index (χ4n) is 2.00. The van der Waals surface area contributed by atoms with E-state index in [-0.39, 0.29) is 11.4 Å². The summed E-state index contributed by atoms with van der Waals surface area (Å²) in [7, 11) is 0. The Morgan fingerprint density at radius 3 is 2.81 bits per heavy atom. The van der Waals surface area contributed by atoms with Gasteiger partial charge in [0.1, 0.15) is 18.0 Å². The van der Waals surface area contributed by atoms with Crippen LogP contribution in [-0.2, 0) is 0 Å². The molecule has 0 saturated carbocycles. The topological polar surface area (TPSA) is 75.1 Å². The van der Waals surface area contributed by atoms with Gasteiger partial charge in [0.2, 0.25) is 0 Å². The Hall–Kier alpha value is -3.02. The average Bonchev–Trinajstić information content (AvgIpc) is 2.48. The molecular formula is C15H10FN3O2. The molecular weight excluding hydrogens is 273 g/mol. The van der Waals surface area contributed by atoms with Crippen molar-refractivity contribution in [1.82, 2.24) is 9.97 Å². The summed E-state index contributed by atoms with van der Waals surface area (Å²) in [5.41, 5.74) is 1.31. The number of fused-ring (bicyclic) bond motifs is 1. The van der Waals surface area contributed by atoms with E-state index in [1.165, 1.54) is 30.6 Å². The monoisotopic (exact) mass is 283 g/mol. The summed E-state index contributed by atoms with van der Waals surface area (Å²) >= 11 is 0. The maximum atomic E-state index is 13.4. The van der Waals surface area contributed by atoms with Gasteiger partial charge < -0.3 is 10.4 Å². The van der Waals surface area contributed by atoms with Crippen LogP contribution in [0.5, 0.6) is 0 Å². The Balaban J connectivity index is 2.04. The van der Waals surface area contributed by atoms with Gasteiger partial charge in [-0.15, -0.1) is 0 Å². The lowest BCUT2D eigenvalue weighted by Crippen LogP contribution is -2.00. The minimum Gasteiger partial charge on any atom is -0.478 e. The highest BCUT2D eigenvalue weighted by molar-refractivity contribution is 5.92. The van der Waals surface area contributed by atoms with Crippen molar-refractivity contribution in [3.63, 3.8) is 0 Å². The van der Waals surface area contributed by atoms with Gasteiger partial charge in [-0.2, -0.15) is 0 Å². The maximum Gasteiger partial charge on any atom is 0.335 e. The van der Waals surface area contributed by atoms with E-state index in [1.54, 1.807) is 18.2 Å². The molecule has 0 unspecified atom stereocenters. The van der Waals surface area contributed by atoms with Crippen LogP contribution >= 0.6 is 0 Å². The van der Waals surface area contributed by atoms with Gasteiger partial charge in [0.25, 0.3) is 0 Å². The molecule has 5 nitrogen and oxygen atoms in total. The van der Waals surface area contributed by atoms with E-state index >= 15 is 0 Å². The normalized spacial score (nSPS) is 10.5. The van der Waals surface area contributed by atoms with Gasteiger partial charge >= 0.3 is 5.97 Å². The van der Waals surface area contributed by atoms with E-state index in [4.69, 9.17) is 5.11 Å². The lowest BCUT2D eigenvalue weighted by Gasteiger charge is -2.08. The van der Waals surface area contributed by atoms with Crippen LogP contribution in [0.25, 0.3) is 10.9 Å². The minimum atomic E-state index is -1.02. The molecule has 0 radical (unpaired) electrons. The first kappa shape index (κ1) is 13.0. The molecule has 0 amide bonds. The van der Waals surface area contributed by atoms with E-state index in [0.717, 1.165) is 0 Å². The van der Waals surface area contributed by atoms with E-state index in [0.29, 0.717) is 22.4 Å². The summed E-state index contributed by atoms with van der Waals surface area (Å²) in [6.07, 6.45) is 1.36. The molecule has 1 aromatic heterocycles. The molecule has 0 bridgehead atoms. The quantitative estimate of drug-likeness (QED) is 0.772. The number of aromatic carboxylic acids is 1. The van der Waals surface area contributed by atoms with Crippen LogP contribution in [0.15, 0.2) is 48.8 Å². The number of rotatable bonds is 3. The summed E-state index contributed by atoms with van der Waals surface area (Å²) in [5, 5.41) is 12.5. The molecule has 0 aliphatic rings. The van der Waals surface area contributed by atoms with Crippen LogP contribution in [0, 0.1) is 5.82 Å². The molecule has 0 saturated heterocycles. The Bertz CT molecular complexity index is 836. The highest BCUT2D eigenvalue weighted by atomic mass is 19.1. The summed E-state index contributed by atoms with van der Waals surface area (Å²) in [6, 6.07) is 10.5. The van der Waals surface area contributed by atoms with E-state index < -0.39 is 5.97 Å². The van der Waals surface area contributed by atoms with Gasteiger partial charge in [0.05, 0.1) is 11.1 Å². The fraction of sp³-hybridized carbons (Fsp3) is 0. The van der Waals surface area contributed by atoms with Crippen molar-refractivity contribution >= 4 is 28.4 Å². The third-order valence-electron chi connectivity index (χ3n) is 2.97. The zero-order valence-electron chi connectivity index (χ0n) is 10.7. The van der Waals surface area contributed by atoms with Crippen LogP contribution in [0.2, 0.25) is 0 Å². The minimum absolute atomic E-state index is 0.157. The molecule has 0 atom stereocenters. The molecule has 6 heteroatoms. The number of aromatic nitrogens is 2. The first-order valence-electron chi connectivity index (χ1n) is 6.14. The SMILES string of the molecule is O=C(O)c1cccc(Nc2ncnc3ccc(F)cc23)c1. The van der Waals surface area contributed by atoms with E-state index in [2.05, 4.69) is 15.3 Å². The van der Waals surface area contributed by atoms with Crippen molar-refractivity contribution in [2.24, 2.45) is 0 Å². The fourth-order valence-corrected chi connectivity index (χ4v) is 2.00. The number of nitrogens with zero attached hydrogens (tertiary/aromatic N) is 2. The molecule has 3 aromatic rings. The Labute approximate surface area is 119 Å². The molecule has 3 rings (SSSR count). The third kappa shape index (κ3) is 2.64. The summed E-state index contributed by atoms with van der Waals surface area (Å²) in [4.78, 5) is 19.1. The molecule has 104 valence electrons. The lowest BCUT2D eigenvalue weighted by molar-refractivity contribution is 0.0697. The van der Waals surface area contributed by atoms with Crippen molar-refractivity contribution in [3.05, 3.63) is 60.2 Å². The first-order valence-corrected chi connectivity index (χ1v) is 6.14. The largest absolute Gasteiger partial charge is 0.478 e. The number of halogens is 1. The van der Waals surface area contributed by atoms with Crippen molar-refractivity contribution in [2.75, 3.05) is 5.32 Å². The summed E-state index contributed by atoms with van der Waals surface area (Å²) < 4.78 is 13.4. The smallest absolute Gasteiger partial charge is 0.335 e. The number of hydrogen-bond donors (Lipinski definition) is 2. The average molecular weight is 283 g/mol. The van der Waals surface area contributed by atoms with Crippen LogP contribution in [-0.4, -0.2) is 21.0 Å². The Morgan fingerprint density at radius 1 is 1.14 bits per heavy atom. The molecule has 0 fully saturated rings. The number of anilines is 2. The van der Waals surface area contributed by atoms with Crippen molar-refractivity contribution < 1.29 is 14.3 Å². The van der Waals surface area contributed by atoms with Gasteiger partial charge in [0, 0.05) is 11.1 Å². The second kappa shape index (κ2) is 5.16. The number of carboxylic acids is 1. The number of benzene rings is 2. The van der Waals surface area contributed by atoms with Crippen LogP contribution in [0.3, 0.4) is 0 Å². The highest BCUT2D eigenvalue weighted by Crippen LogP contribution is 2.24. The molecule has 21 heavy (non-hydrogen) atoms. The molecule has 1 heterocycles. The third-order valence-corrected chi connectivity index (χ3v) is 2.97. The van der Waals surface area contributed by atoms with Gasteiger partial charge in [-0.05, 0) is 36.4 Å². The highest BCUT2D eigenvalue weighted by Gasteiger charge is 2.07. The second-order valence-corrected chi connectivity index (χ2v) is 4.39. The number of nitrogens with one attached hydrogen (secondary N) is 1. The Morgan fingerprint density at radius 2 is 2.00 bits per heavy atom. The predicted molar refractivity (Wildman–Crippen MR) is 76.2 cm³/mol. The molecule has 0 aliphatic heterocycles. The first-order chi connectivity index (χ1) is 10.1. The molecule has 0 aliphatic carbocycles. The molecule has 2 aromatic carbocycles. The van der Waals surface area contributed by atoms with E-state index in [1.807, 2.05) is 0 Å². The zero-order valence-corrected chi connectivity index (χ0v) is 10.7. The van der Waals surface area contributed by atoms with Gasteiger partial charge in [-0.3, -0.25) is 0 Å². The predicted octanol–water partition coefficient (Wildman–Crippen LogP) is 3.21. The lowest BCUT2D eigenvalue weighted by atomic mass is 10.2. The molecule has 2 N–H and O–H groups in total. The summed E-state index contributed by atoms with van der Waals surface area (Å²) in [6.45, 7) is 0. The van der Waals surface area contributed by atoms with Crippen molar-refractivity contribution in [3.8, 4) is 0 Å². The van der Waals surface area contributed by atoms with Crippen LogP contribution in [0.4, 0.5) is 15.9 Å². The van der Waals surface area contributed by atoms with Crippen molar-refractivity contribution in [1.29, 1.82) is 0 Å². The van der Waals surface area contributed by atoms with Crippen LogP contribution < -0.4 is 5.32 Å².